The third kappa shape index (κ3) is 5.70. The minimum atomic E-state index is -4.41. The van der Waals surface area contributed by atoms with E-state index in [4.69, 9.17) is 11.6 Å². The summed E-state index contributed by atoms with van der Waals surface area (Å²) in [4.78, 5) is 25.6. The number of likely N-dealkylation sites (tertiary alicyclic amines) is 1. The van der Waals surface area contributed by atoms with Crippen LogP contribution in [0.3, 0.4) is 0 Å². The normalized spacial score (nSPS) is 16.1. The van der Waals surface area contributed by atoms with Crippen LogP contribution in [0, 0.1) is 5.92 Å². The fourth-order valence-electron chi connectivity index (χ4n) is 2.61. The number of alkyl halides is 3. The first-order valence-electron chi connectivity index (χ1n) is 7.61. The second kappa shape index (κ2) is 7.88. The van der Waals surface area contributed by atoms with Crippen molar-refractivity contribution in [1.29, 1.82) is 0 Å². The van der Waals surface area contributed by atoms with Crippen LogP contribution >= 0.6 is 11.6 Å². The van der Waals surface area contributed by atoms with Gasteiger partial charge in [-0.05, 0) is 30.5 Å². The van der Waals surface area contributed by atoms with Gasteiger partial charge in [0.05, 0.1) is 6.42 Å². The maximum Gasteiger partial charge on any atom is 0.405 e. The summed E-state index contributed by atoms with van der Waals surface area (Å²) in [5.41, 5.74) is 0.842. The van der Waals surface area contributed by atoms with Crippen LogP contribution in [0.1, 0.15) is 18.4 Å². The average Bonchev–Trinajstić information content (AvgIpc) is 2.54. The Hall–Kier alpha value is -1.76. The smallest absolute Gasteiger partial charge is 0.347 e. The first-order chi connectivity index (χ1) is 11.2. The van der Waals surface area contributed by atoms with Gasteiger partial charge in [0.25, 0.3) is 0 Å². The second-order valence-corrected chi connectivity index (χ2v) is 6.23. The predicted molar refractivity (Wildman–Crippen MR) is 83.5 cm³/mol. The van der Waals surface area contributed by atoms with E-state index in [1.54, 1.807) is 29.2 Å². The van der Waals surface area contributed by atoms with Crippen molar-refractivity contribution in [2.45, 2.75) is 25.4 Å². The molecule has 0 atom stereocenters. The number of nitrogens with one attached hydrogen (secondary N) is 1. The van der Waals surface area contributed by atoms with Crippen molar-refractivity contribution in [3.05, 3.63) is 34.9 Å². The lowest BCUT2D eigenvalue weighted by atomic mass is 9.95. The van der Waals surface area contributed by atoms with Crippen LogP contribution in [0.2, 0.25) is 5.02 Å². The fraction of sp³-hybridized carbons (Fsp3) is 0.500. The topological polar surface area (TPSA) is 49.4 Å². The van der Waals surface area contributed by atoms with E-state index >= 15 is 0 Å². The number of benzene rings is 1. The summed E-state index contributed by atoms with van der Waals surface area (Å²) in [6.07, 6.45) is -3.43. The zero-order valence-corrected chi connectivity index (χ0v) is 13.7. The summed E-state index contributed by atoms with van der Waals surface area (Å²) in [5.74, 6) is -1.14. The van der Waals surface area contributed by atoms with Crippen molar-refractivity contribution in [3.8, 4) is 0 Å². The van der Waals surface area contributed by atoms with Gasteiger partial charge in [0.15, 0.2) is 0 Å². The van der Waals surface area contributed by atoms with Crippen molar-refractivity contribution in [2.75, 3.05) is 19.6 Å². The summed E-state index contributed by atoms with van der Waals surface area (Å²) < 4.78 is 36.3. The summed E-state index contributed by atoms with van der Waals surface area (Å²) in [6, 6.07) is 6.97. The molecule has 132 valence electrons. The van der Waals surface area contributed by atoms with Crippen LogP contribution < -0.4 is 5.32 Å². The number of nitrogens with zero attached hydrogens (tertiary/aromatic N) is 1. The van der Waals surface area contributed by atoms with E-state index < -0.39 is 24.5 Å². The number of hydrogen-bond acceptors (Lipinski definition) is 2. The number of amides is 2. The molecule has 2 rings (SSSR count). The van der Waals surface area contributed by atoms with Gasteiger partial charge < -0.3 is 10.2 Å². The van der Waals surface area contributed by atoms with Gasteiger partial charge in [-0.1, -0.05) is 23.7 Å². The number of rotatable bonds is 4. The largest absolute Gasteiger partial charge is 0.405 e. The lowest BCUT2D eigenvalue weighted by Gasteiger charge is -2.31. The van der Waals surface area contributed by atoms with Crippen LogP contribution in [-0.4, -0.2) is 42.5 Å². The SMILES string of the molecule is O=C(NCC(F)(F)F)C1CCN(C(=O)Cc2ccc(Cl)cc2)CC1. The number of halogens is 4. The maximum atomic E-state index is 12.2. The summed E-state index contributed by atoms with van der Waals surface area (Å²) >= 11 is 5.79. The van der Waals surface area contributed by atoms with Crippen molar-refractivity contribution < 1.29 is 22.8 Å². The molecule has 24 heavy (non-hydrogen) atoms. The van der Waals surface area contributed by atoms with Crippen LogP contribution in [0.25, 0.3) is 0 Å². The molecule has 1 aliphatic rings. The average molecular weight is 363 g/mol. The Bertz CT molecular complexity index is 582. The number of carbonyl (C=O) groups is 2. The minimum Gasteiger partial charge on any atom is -0.347 e. The zero-order valence-electron chi connectivity index (χ0n) is 12.9. The van der Waals surface area contributed by atoms with E-state index in [1.807, 2.05) is 5.32 Å². The highest BCUT2D eigenvalue weighted by molar-refractivity contribution is 6.30. The molecule has 4 nitrogen and oxygen atoms in total. The molecule has 0 radical (unpaired) electrons. The third-order valence-electron chi connectivity index (χ3n) is 3.95. The molecule has 1 aromatic rings. The fourth-order valence-corrected chi connectivity index (χ4v) is 2.74. The molecule has 0 aromatic heterocycles. The Labute approximate surface area is 143 Å². The van der Waals surface area contributed by atoms with Crippen LogP contribution in [-0.2, 0) is 16.0 Å². The molecule has 1 saturated heterocycles. The van der Waals surface area contributed by atoms with Crippen molar-refractivity contribution in [2.24, 2.45) is 5.92 Å². The molecule has 0 unspecified atom stereocenters. The van der Waals surface area contributed by atoms with E-state index in [9.17, 15) is 22.8 Å². The van der Waals surface area contributed by atoms with Crippen molar-refractivity contribution in [1.82, 2.24) is 10.2 Å². The predicted octanol–water partition coefficient (Wildman–Crippen LogP) is 2.80. The Morgan fingerprint density at radius 1 is 1.17 bits per heavy atom. The van der Waals surface area contributed by atoms with Crippen LogP contribution in [0.5, 0.6) is 0 Å². The van der Waals surface area contributed by atoms with Crippen LogP contribution in [0.15, 0.2) is 24.3 Å². The minimum absolute atomic E-state index is 0.0635. The molecular formula is C16H18ClF3N2O2. The molecule has 0 bridgehead atoms. The molecular weight excluding hydrogens is 345 g/mol. The van der Waals surface area contributed by atoms with Gasteiger partial charge in [0.1, 0.15) is 6.54 Å². The standard InChI is InChI=1S/C16H18ClF3N2O2/c17-13-3-1-11(2-4-13)9-14(23)22-7-5-12(6-8-22)15(24)21-10-16(18,19)20/h1-4,12H,5-10H2,(H,21,24). The van der Waals surface area contributed by atoms with Gasteiger partial charge in [0, 0.05) is 24.0 Å². The first kappa shape index (κ1) is 18.6. The molecule has 1 N–H and O–H groups in total. The van der Waals surface area contributed by atoms with Gasteiger partial charge in [-0.3, -0.25) is 9.59 Å². The molecule has 0 aliphatic carbocycles. The van der Waals surface area contributed by atoms with Gasteiger partial charge in [0.2, 0.25) is 11.8 Å². The summed E-state index contributed by atoms with van der Waals surface area (Å²) in [5, 5.41) is 2.50. The molecule has 1 heterocycles. The molecule has 0 saturated carbocycles. The number of carbonyl (C=O) groups excluding carboxylic acids is 2. The Morgan fingerprint density at radius 2 is 1.75 bits per heavy atom. The Morgan fingerprint density at radius 3 is 2.29 bits per heavy atom. The Balaban J connectivity index is 1.78. The molecule has 1 fully saturated rings. The van der Waals surface area contributed by atoms with Gasteiger partial charge >= 0.3 is 6.18 Å². The number of piperidine rings is 1. The molecule has 1 aliphatic heterocycles. The van der Waals surface area contributed by atoms with Gasteiger partial charge in [-0.2, -0.15) is 13.2 Å². The molecule has 1 aromatic carbocycles. The Kier molecular flexibility index (Phi) is 6.10. The highest BCUT2D eigenvalue weighted by Crippen LogP contribution is 2.20. The van der Waals surface area contributed by atoms with Crippen LogP contribution in [0.4, 0.5) is 13.2 Å². The quantitative estimate of drug-likeness (QED) is 0.895. The highest BCUT2D eigenvalue weighted by atomic mass is 35.5. The lowest BCUT2D eigenvalue weighted by Crippen LogP contribution is -2.45. The lowest BCUT2D eigenvalue weighted by molar-refractivity contribution is -0.142. The van der Waals surface area contributed by atoms with Gasteiger partial charge in [-0.15, -0.1) is 0 Å². The van der Waals surface area contributed by atoms with E-state index in [2.05, 4.69) is 0 Å². The van der Waals surface area contributed by atoms with E-state index in [0.29, 0.717) is 31.0 Å². The molecule has 0 spiro atoms. The van der Waals surface area contributed by atoms with E-state index in [-0.39, 0.29) is 12.3 Å². The summed E-state index contributed by atoms with van der Waals surface area (Å²) in [7, 11) is 0. The van der Waals surface area contributed by atoms with Gasteiger partial charge in [-0.25, -0.2) is 0 Å². The molecule has 8 heteroatoms. The van der Waals surface area contributed by atoms with E-state index in [0.717, 1.165) is 5.56 Å². The molecule has 2 amide bonds. The summed E-state index contributed by atoms with van der Waals surface area (Å²) in [6.45, 7) is -0.575. The monoisotopic (exact) mass is 362 g/mol. The van der Waals surface area contributed by atoms with Crippen molar-refractivity contribution in [3.63, 3.8) is 0 Å². The third-order valence-corrected chi connectivity index (χ3v) is 4.20. The first-order valence-corrected chi connectivity index (χ1v) is 7.99. The van der Waals surface area contributed by atoms with E-state index in [1.165, 1.54) is 0 Å². The highest BCUT2D eigenvalue weighted by Gasteiger charge is 2.31. The van der Waals surface area contributed by atoms with Crippen molar-refractivity contribution >= 4 is 23.4 Å². The number of hydrogen-bond donors (Lipinski definition) is 1. The zero-order chi connectivity index (χ0) is 17.7. The second-order valence-electron chi connectivity index (χ2n) is 5.79. The maximum absolute atomic E-state index is 12.2.